The predicted octanol–water partition coefficient (Wildman–Crippen LogP) is 0.933. The number of thioether (sulfide) groups is 1. The van der Waals surface area contributed by atoms with Crippen LogP contribution in [0.1, 0.15) is 0 Å². The Bertz CT molecular complexity index is 268. The Balaban J connectivity index is 1.98. The quantitative estimate of drug-likeness (QED) is 0.766. The van der Waals surface area contributed by atoms with Gasteiger partial charge in [0.05, 0.1) is 29.6 Å². The molecule has 0 saturated carbocycles. The van der Waals surface area contributed by atoms with Crippen LogP contribution in [0.2, 0.25) is 0 Å². The van der Waals surface area contributed by atoms with Gasteiger partial charge in [-0.05, 0) is 12.1 Å². The van der Waals surface area contributed by atoms with Crippen molar-refractivity contribution >= 4 is 11.8 Å². The van der Waals surface area contributed by atoms with Gasteiger partial charge in [-0.15, -0.1) is 0 Å². The van der Waals surface area contributed by atoms with E-state index in [4.69, 9.17) is 4.74 Å². The number of aliphatic hydroxyl groups is 1. The van der Waals surface area contributed by atoms with Crippen molar-refractivity contribution in [1.29, 1.82) is 0 Å². The lowest BCUT2D eigenvalue weighted by atomic mass is 10.3. The van der Waals surface area contributed by atoms with Gasteiger partial charge in [-0.2, -0.15) is 0 Å². The minimum Gasteiger partial charge on any atom is -0.389 e. The zero-order chi connectivity index (χ0) is 9.10. The molecular formula is C9H11NO2S. The van der Waals surface area contributed by atoms with E-state index in [2.05, 4.69) is 4.98 Å². The van der Waals surface area contributed by atoms with Gasteiger partial charge in [-0.1, -0.05) is 17.8 Å². The van der Waals surface area contributed by atoms with Crippen LogP contribution in [0, 0.1) is 0 Å². The Morgan fingerprint density at radius 2 is 2.38 bits per heavy atom. The third kappa shape index (κ3) is 2.21. The smallest absolute Gasteiger partial charge is 0.0964 e. The summed E-state index contributed by atoms with van der Waals surface area (Å²) < 4.78 is 5.14. The molecule has 2 rings (SSSR count). The van der Waals surface area contributed by atoms with Crippen molar-refractivity contribution in [2.24, 2.45) is 0 Å². The third-order valence-corrected chi connectivity index (χ3v) is 3.15. The molecule has 0 radical (unpaired) electrons. The van der Waals surface area contributed by atoms with Crippen LogP contribution in [0.5, 0.6) is 0 Å². The Kier molecular flexibility index (Phi) is 2.83. The largest absolute Gasteiger partial charge is 0.389 e. The van der Waals surface area contributed by atoms with Gasteiger partial charge < -0.3 is 9.84 Å². The molecule has 1 saturated heterocycles. The molecule has 2 atom stereocenters. The third-order valence-electron chi connectivity index (χ3n) is 1.91. The number of pyridine rings is 1. The fourth-order valence-corrected chi connectivity index (χ4v) is 2.20. The van der Waals surface area contributed by atoms with E-state index >= 15 is 0 Å². The number of rotatable bonds is 2. The average molecular weight is 197 g/mol. The van der Waals surface area contributed by atoms with Gasteiger partial charge in [0.1, 0.15) is 0 Å². The standard InChI is InChI=1S/C9H11NO2S/c11-7-5-12-6-8(7)13-9-3-1-2-4-10-9/h1-4,7-8,11H,5-6H2. The highest BCUT2D eigenvalue weighted by molar-refractivity contribution is 8.00. The van der Waals surface area contributed by atoms with Crippen molar-refractivity contribution < 1.29 is 9.84 Å². The first-order valence-electron chi connectivity index (χ1n) is 4.20. The summed E-state index contributed by atoms with van der Waals surface area (Å²) in [7, 11) is 0. The molecule has 0 amide bonds. The van der Waals surface area contributed by atoms with Crippen LogP contribution in [0.4, 0.5) is 0 Å². The van der Waals surface area contributed by atoms with E-state index in [0.29, 0.717) is 13.2 Å². The number of ether oxygens (including phenoxy) is 1. The van der Waals surface area contributed by atoms with Gasteiger partial charge in [0.15, 0.2) is 0 Å². The highest BCUT2D eigenvalue weighted by Crippen LogP contribution is 2.26. The van der Waals surface area contributed by atoms with E-state index in [1.165, 1.54) is 0 Å². The van der Waals surface area contributed by atoms with Crippen molar-refractivity contribution in [1.82, 2.24) is 4.98 Å². The molecule has 0 aliphatic carbocycles. The monoisotopic (exact) mass is 197 g/mol. The van der Waals surface area contributed by atoms with Crippen LogP contribution in [0.25, 0.3) is 0 Å². The fourth-order valence-electron chi connectivity index (χ4n) is 1.21. The summed E-state index contributed by atoms with van der Waals surface area (Å²) in [6.45, 7) is 1.06. The molecule has 1 N–H and O–H groups in total. The fraction of sp³-hybridized carbons (Fsp3) is 0.444. The summed E-state index contributed by atoms with van der Waals surface area (Å²) in [6.07, 6.45) is 1.40. The normalized spacial score (nSPS) is 27.8. The summed E-state index contributed by atoms with van der Waals surface area (Å²) in [6, 6.07) is 5.76. The SMILES string of the molecule is OC1COCC1Sc1ccccn1. The first-order valence-corrected chi connectivity index (χ1v) is 5.08. The second kappa shape index (κ2) is 4.09. The summed E-state index contributed by atoms with van der Waals surface area (Å²) in [5, 5.41) is 10.6. The van der Waals surface area contributed by atoms with Crippen LogP contribution in [-0.2, 0) is 4.74 Å². The van der Waals surface area contributed by atoms with Crippen molar-refractivity contribution in [3.8, 4) is 0 Å². The summed E-state index contributed by atoms with van der Waals surface area (Å²) in [5.41, 5.74) is 0. The second-order valence-electron chi connectivity index (χ2n) is 2.93. The van der Waals surface area contributed by atoms with Gasteiger partial charge in [0.25, 0.3) is 0 Å². The predicted molar refractivity (Wildman–Crippen MR) is 50.7 cm³/mol. The minimum absolute atomic E-state index is 0.134. The van der Waals surface area contributed by atoms with Gasteiger partial charge in [0, 0.05) is 6.20 Å². The molecule has 0 bridgehead atoms. The molecule has 0 spiro atoms. The molecule has 1 aromatic heterocycles. The number of aliphatic hydroxyl groups excluding tert-OH is 1. The first-order chi connectivity index (χ1) is 6.36. The van der Waals surface area contributed by atoms with E-state index < -0.39 is 0 Å². The summed E-state index contributed by atoms with van der Waals surface area (Å²) in [5.74, 6) is 0. The molecule has 1 aromatic rings. The Morgan fingerprint density at radius 1 is 1.46 bits per heavy atom. The minimum atomic E-state index is -0.355. The van der Waals surface area contributed by atoms with E-state index in [-0.39, 0.29) is 11.4 Å². The summed E-state index contributed by atoms with van der Waals surface area (Å²) in [4.78, 5) is 4.17. The van der Waals surface area contributed by atoms with Crippen LogP contribution < -0.4 is 0 Å². The van der Waals surface area contributed by atoms with Crippen LogP contribution in [0.3, 0.4) is 0 Å². The van der Waals surface area contributed by atoms with Crippen LogP contribution in [0.15, 0.2) is 29.4 Å². The number of hydrogen-bond donors (Lipinski definition) is 1. The maximum Gasteiger partial charge on any atom is 0.0964 e. The van der Waals surface area contributed by atoms with Crippen molar-refractivity contribution in [2.75, 3.05) is 13.2 Å². The number of aromatic nitrogens is 1. The zero-order valence-corrected chi connectivity index (χ0v) is 7.91. The van der Waals surface area contributed by atoms with E-state index in [1.807, 2.05) is 18.2 Å². The lowest BCUT2D eigenvalue weighted by molar-refractivity contribution is 0.127. The highest BCUT2D eigenvalue weighted by Gasteiger charge is 2.27. The lowest BCUT2D eigenvalue weighted by Gasteiger charge is -2.10. The molecule has 1 aliphatic rings. The highest BCUT2D eigenvalue weighted by atomic mass is 32.2. The van der Waals surface area contributed by atoms with Gasteiger partial charge in [-0.3, -0.25) is 0 Å². The van der Waals surface area contributed by atoms with Crippen molar-refractivity contribution in [3.05, 3.63) is 24.4 Å². The molecule has 1 fully saturated rings. The van der Waals surface area contributed by atoms with Gasteiger partial charge in [0.2, 0.25) is 0 Å². The molecule has 2 unspecified atom stereocenters. The summed E-state index contributed by atoms with van der Waals surface area (Å²) >= 11 is 1.57. The van der Waals surface area contributed by atoms with Crippen LogP contribution >= 0.6 is 11.8 Å². The van der Waals surface area contributed by atoms with Gasteiger partial charge in [-0.25, -0.2) is 4.98 Å². The van der Waals surface area contributed by atoms with Gasteiger partial charge >= 0.3 is 0 Å². The Labute approximate surface area is 81.1 Å². The maximum atomic E-state index is 9.48. The van der Waals surface area contributed by atoms with Crippen molar-refractivity contribution in [2.45, 2.75) is 16.4 Å². The average Bonchev–Trinajstić information content (AvgIpc) is 2.54. The first kappa shape index (κ1) is 8.99. The molecule has 2 heterocycles. The van der Waals surface area contributed by atoms with Crippen molar-refractivity contribution in [3.63, 3.8) is 0 Å². The van der Waals surface area contributed by atoms with E-state index in [1.54, 1.807) is 18.0 Å². The molecule has 0 aromatic carbocycles. The molecule has 4 heteroatoms. The Hall–Kier alpha value is -0.580. The van der Waals surface area contributed by atoms with Crippen LogP contribution in [-0.4, -0.2) is 34.7 Å². The zero-order valence-electron chi connectivity index (χ0n) is 7.09. The second-order valence-corrected chi connectivity index (χ2v) is 4.19. The molecule has 1 aliphatic heterocycles. The molecule has 3 nitrogen and oxygen atoms in total. The van der Waals surface area contributed by atoms with E-state index in [0.717, 1.165) is 5.03 Å². The molecule has 13 heavy (non-hydrogen) atoms. The molecule has 70 valence electrons. The molecular weight excluding hydrogens is 186 g/mol. The topological polar surface area (TPSA) is 42.4 Å². The number of nitrogens with zero attached hydrogens (tertiary/aromatic N) is 1. The van der Waals surface area contributed by atoms with E-state index in [9.17, 15) is 5.11 Å². The maximum absolute atomic E-state index is 9.48. The lowest BCUT2D eigenvalue weighted by Crippen LogP contribution is -2.19. The Morgan fingerprint density at radius 3 is 3.00 bits per heavy atom. The number of hydrogen-bond acceptors (Lipinski definition) is 4.